The van der Waals surface area contributed by atoms with Gasteiger partial charge in [-0.2, -0.15) is 0 Å². The zero-order valence-corrected chi connectivity index (χ0v) is 12.5. The molecule has 2 amide bonds. The van der Waals surface area contributed by atoms with E-state index in [4.69, 9.17) is 5.73 Å². The number of aryl methyl sites for hydroxylation is 1. The second-order valence-electron chi connectivity index (χ2n) is 5.56. The van der Waals surface area contributed by atoms with Gasteiger partial charge in [0, 0.05) is 25.2 Å². The monoisotopic (exact) mass is 289 g/mol. The summed E-state index contributed by atoms with van der Waals surface area (Å²) in [7, 11) is 0. The van der Waals surface area contributed by atoms with E-state index in [9.17, 15) is 9.59 Å². The van der Waals surface area contributed by atoms with Gasteiger partial charge in [-0.1, -0.05) is 12.1 Å². The number of nitrogens with one attached hydrogen (secondary N) is 1. The number of nitrogens with zero attached hydrogens (tertiary/aromatic N) is 1. The van der Waals surface area contributed by atoms with Crippen LogP contribution in [-0.4, -0.2) is 35.8 Å². The predicted molar refractivity (Wildman–Crippen MR) is 82.6 cm³/mol. The van der Waals surface area contributed by atoms with Crippen LogP contribution in [0.15, 0.2) is 24.3 Å². The normalized spacial score (nSPS) is 15.8. The lowest BCUT2D eigenvalue weighted by Gasteiger charge is -2.21. The van der Waals surface area contributed by atoms with E-state index >= 15 is 0 Å². The quantitative estimate of drug-likeness (QED) is 0.803. The molecule has 0 saturated carbocycles. The summed E-state index contributed by atoms with van der Waals surface area (Å²) in [5, 5.41) is 2.78. The van der Waals surface area contributed by atoms with Crippen molar-refractivity contribution in [3.8, 4) is 0 Å². The number of nitrogens with two attached hydrogens (primary N) is 1. The molecule has 1 heterocycles. The van der Waals surface area contributed by atoms with E-state index in [2.05, 4.69) is 5.32 Å². The summed E-state index contributed by atoms with van der Waals surface area (Å²) < 4.78 is 0. The highest BCUT2D eigenvalue weighted by Gasteiger charge is 2.24. The summed E-state index contributed by atoms with van der Waals surface area (Å²) in [5.41, 5.74) is 7.40. The molecule has 1 aromatic carbocycles. The maximum absolute atomic E-state index is 12.1. The topological polar surface area (TPSA) is 75.4 Å². The van der Waals surface area contributed by atoms with Gasteiger partial charge in [0.05, 0.1) is 0 Å². The molecule has 0 aromatic heterocycles. The summed E-state index contributed by atoms with van der Waals surface area (Å²) >= 11 is 0. The number of anilines is 1. The Hall–Kier alpha value is -2.04. The molecule has 1 fully saturated rings. The lowest BCUT2D eigenvalue weighted by Crippen LogP contribution is -2.46. The van der Waals surface area contributed by atoms with Crippen LogP contribution in [0.4, 0.5) is 5.69 Å². The van der Waals surface area contributed by atoms with E-state index in [1.54, 1.807) is 6.92 Å². The molecule has 1 saturated heterocycles. The SMILES string of the molecule is CC(NC(=O)CCc1ccc(N)cc1)C(=O)N1CCCC1. The van der Waals surface area contributed by atoms with Crippen molar-refractivity contribution in [1.82, 2.24) is 10.2 Å². The Bertz CT molecular complexity index is 493. The number of likely N-dealkylation sites (tertiary alicyclic amines) is 1. The minimum Gasteiger partial charge on any atom is -0.399 e. The fourth-order valence-corrected chi connectivity index (χ4v) is 2.53. The molecule has 1 atom stereocenters. The fourth-order valence-electron chi connectivity index (χ4n) is 2.53. The van der Waals surface area contributed by atoms with E-state index in [1.165, 1.54) is 0 Å². The van der Waals surface area contributed by atoms with Gasteiger partial charge < -0.3 is 16.0 Å². The Morgan fingerprint density at radius 3 is 2.48 bits per heavy atom. The smallest absolute Gasteiger partial charge is 0.244 e. The molecular formula is C16H23N3O2. The van der Waals surface area contributed by atoms with Crippen LogP contribution >= 0.6 is 0 Å². The standard InChI is InChI=1S/C16H23N3O2/c1-12(16(21)19-10-2-3-11-19)18-15(20)9-6-13-4-7-14(17)8-5-13/h4-5,7-8,12H,2-3,6,9-11,17H2,1H3,(H,18,20). The van der Waals surface area contributed by atoms with Crippen LogP contribution in [0.1, 0.15) is 31.7 Å². The molecular weight excluding hydrogens is 266 g/mol. The largest absolute Gasteiger partial charge is 0.399 e. The number of hydrogen-bond acceptors (Lipinski definition) is 3. The number of nitrogen functional groups attached to an aromatic ring is 1. The molecule has 21 heavy (non-hydrogen) atoms. The van der Waals surface area contributed by atoms with Crippen LogP contribution in [-0.2, 0) is 16.0 Å². The van der Waals surface area contributed by atoms with Crippen molar-refractivity contribution in [1.29, 1.82) is 0 Å². The third-order valence-electron chi connectivity index (χ3n) is 3.79. The van der Waals surface area contributed by atoms with Crippen molar-refractivity contribution in [3.63, 3.8) is 0 Å². The fraction of sp³-hybridized carbons (Fsp3) is 0.500. The molecule has 1 unspecified atom stereocenters. The van der Waals surface area contributed by atoms with Crippen LogP contribution in [0.25, 0.3) is 0 Å². The number of hydrogen-bond donors (Lipinski definition) is 2. The minimum atomic E-state index is -0.443. The zero-order valence-electron chi connectivity index (χ0n) is 12.5. The zero-order chi connectivity index (χ0) is 15.2. The highest BCUT2D eigenvalue weighted by molar-refractivity contribution is 5.87. The van der Waals surface area contributed by atoms with Crippen LogP contribution in [0.2, 0.25) is 0 Å². The van der Waals surface area contributed by atoms with Crippen molar-refractivity contribution in [2.75, 3.05) is 18.8 Å². The van der Waals surface area contributed by atoms with Crippen molar-refractivity contribution >= 4 is 17.5 Å². The van der Waals surface area contributed by atoms with Crippen molar-refractivity contribution < 1.29 is 9.59 Å². The van der Waals surface area contributed by atoms with Crippen LogP contribution < -0.4 is 11.1 Å². The molecule has 5 heteroatoms. The maximum Gasteiger partial charge on any atom is 0.244 e. The van der Waals surface area contributed by atoms with Crippen molar-refractivity contribution in [2.45, 2.75) is 38.6 Å². The first-order chi connectivity index (χ1) is 10.1. The molecule has 0 radical (unpaired) electrons. The Morgan fingerprint density at radius 1 is 1.24 bits per heavy atom. The molecule has 2 rings (SSSR count). The molecule has 3 N–H and O–H groups in total. The Labute approximate surface area is 125 Å². The van der Waals surface area contributed by atoms with Gasteiger partial charge in [-0.3, -0.25) is 9.59 Å². The summed E-state index contributed by atoms with van der Waals surface area (Å²) in [6, 6.07) is 7.05. The number of carbonyl (C=O) groups is 2. The number of amides is 2. The van der Waals surface area contributed by atoms with Gasteiger partial charge in [0.15, 0.2) is 0 Å². The third-order valence-corrected chi connectivity index (χ3v) is 3.79. The second-order valence-corrected chi connectivity index (χ2v) is 5.56. The summed E-state index contributed by atoms with van der Waals surface area (Å²) in [6.45, 7) is 3.37. The lowest BCUT2D eigenvalue weighted by atomic mass is 10.1. The van der Waals surface area contributed by atoms with Crippen molar-refractivity contribution in [2.24, 2.45) is 0 Å². The highest BCUT2D eigenvalue weighted by atomic mass is 16.2. The van der Waals surface area contributed by atoms with E-state index in [-0.39, 0.29) is 11.8 Å². The molecule has 0 aliphatic carbocycles. The van der Waals surface area contributed by atoms with Gasteiger partial charge in [-0.25, -0.2) is 0 Å². The highest BCUT2D eigenvalue weighted by Crippen LogP contribution is 2.10. The molecule has 5 nitrogen and oxygen atoms in total. The van der Waals surface area contributed by atoms with E-state index in [0.29, 0.717) is 18.5 Å². The van der Waals surface area contributed by atoms with Gasteiger partial charge in [0.25, 0.3) is 0 Å². The first-order valence-electron chi connectivity index (χ1n) is 7.49. The lowest BCUT2D eigenvalue weighted by molar-refractivity contribution is -0.135. The van der Waals surface area contributed by atoms with Gasteiger partial charge >= 0.3 is 0 Å². The summed E-state index contributed by atoms with van der Waals surface area (Å²) in [4.78, 5) is 25.8. The van der Waals surface area contributed by atoms with Gasteiger partial charge in [-0.05, 0) is 43.9 Å². The van der Waals surface area contributed by atoms with E-state index in [0.717, 1.165) is 31.5 Å². The van der Waals surface area contributed by atoms with Gasteiger partial charge in [0.2, 0.25) is 11.8 Å². The first-order valence-corrected chi connectivity index (χ1v) is 7.49. The van der Waals surface area contributed by atoms with E-state index in [1.807, 2.05) is 29.2 Å². The average Bonchev–Trinajstić information content (AvgIpc) is 3.00. The van der Waals surface area contributed by atoms with Crippen molar-refractivity contribution in [3.05, 3.63) is 29.8 Å². The molecule has 1 aliphatic heterocycles. The third kappa shape index (κ3) is 4.48. The Kier molecular flexibility index (Phi) is 5.20. The number of carbonyl (C=O) groups excluding carboxylic acids is 2. The first kappa shape index (κ1) is 15.4. The maximum atomic E-state index is 12.1. The predicted octanol–water partition coefficient (Wildman–Crippen LogP) is 1.33. The second kappa shape index (κ2) is 7.11. The molecule has 0 bridgehead atoms. The van der Waals surface area contributed by atoms with Crippen LogP contribution in [0.3, 0.4) is 0 Å². The van der Waals surface area contributed by atoms with E-state index < -0.39 is 6.04 Å². The van der Waals surface area contributed by atoms with Crippen LogP contribution in [0, 0.1) is 0 Å². The molecule has 1 aliphatic rings. The van der Waals surface area contributed by atoms with Gasteiger partial charge in [-0.15, -0.1) is 0 Å². The number of benzene rings is 1. The summed E-state index contributed by atoms with van der Waals surface area (Å²) in [5.74, 6) is -0.0693. The average molecular weight is 289 g/mol. The Morgan fingerprint density at radius 2 is 1.86 bits per heavy atom. The molecule has 114 valence electrons. The van der Waals surface area contributed by atoms with Gasteiger partial charge in [0.1, 0.15) is 6.04 Å². The Balaban J connectivity index is 1.75. The van der Waals surface area contributed by atoms with Crippen LogP contribution in [0.5, 0.6) is 0 Å². The minimum absolute atomic E-state index is 0.0216. The summed E-state index contributed by atoms with van der Waals surface area (Å²) in [6.07, 6.45) is 3.14. The molecule has 1 aromatic rings. The molecule has 0 spiro atoms. The number of rotatable bonds is 5.